The Morgan fingerprint density at radius 3 is 2.30 bits per heavy atom. The number of rotatable bonds is 7. The molecular formula is C19H35NO3. The second-order valence-electron chi connectivity index (χ2n) is 7.56. The normalized spacial score (nSPS) is 27.3. The zero-order valence-electron chi connectivity index (χ0n) is 15.7. The summed E-state index contributed by atoms with van der Waals surface area (Å²) in [4.78, 5) is 25.0. The Bertz CT molecular complexity index is 394. The maximum atomic E-state index is 12.8. The molecule has 0 heterocycles. The highest BCUT2D eigenvalue weighted by Crippen LogP contribution is 2.38. The summed E-state index contributed by atoms with van der Waals surface area (Å²) in [6.45, 7) is 12.4. The highest BCUT2D eigenvalue weighted by molar-refractivity contribution is 5.86. The summed E-state index contributed by atoms with van der Waals surface area (Å²) in [6.07, 6.45) is 4.46. The first-order chi connectivity index (χ1) is 10.8. The predicted molar refractivity (Wildman–Crippen MR) is 92.9 cm³/mol. The summed E-state index contributed by atoms with van der Waals surface area (Å²) in [5.74, 6) is 1.22. The molecule has 0 saturated heterocycles. The zero-order chi connectivity index (χ0) is 17.6. The number of hydrogen-bond donors (Lipinski definition) is 1. The van der Waals surface area contributed by atoms with Crippen molar-refractivity contribution in [2.24, 2.45) is 23.7 Å². The first-order valence-electron chi connectivity index (χ1n) is 9.30. The Kier molecular flexibility index (Phi) is 8.07. The van der Waals surface area contributed by atoms with Gasteiger partial charge in [-0.3, -0.25) is 4.79 Å². The molecule has 0 aliphatic heterocycles. The van der Waals surface area contributed by atoms with E-state index in [1.54, 1.807) is 0 Å². The molecule has 1 amide bonds. The van der Waals surface area contributed by atoms with Gasteiger partial charge in [-0.15, -0.1) is 0 Å². The second kappa shape index (κ2) is 9.29. The summed E-state index contributed by atoms with van der Waals surface area (Å²) >= 11 is 0. The van der Waals surface area contributed by atoms with Gasteiger partial charge in [0.25, 0.3) is 0 Å². The van der Waals surface area contributed by atoms with Crippen molar-refractivity contribution in [3.63, 3.8) is 0 Å². The third kappa shape index (κ3) is 5.82. The third-order valence-corrected chi connectivity index (χ3v) is 5.26. The van der Waals surface area contributed by atoms with Crippen LogP contribution in [-0.2, 0) is 14.3 Å². The van der Waals surface area contributed by atoms with Gasteiger partial charge in [0.15, 0.2) is 0 Å². The van der Waals surface area contributed by atoms with Crippen LogP contribution in [0.1, 0.15) is 73.6 Å². The maximum absolute atomic E-state index is 12.8. The van der Waals surface area contributed by atoms with Crippen molar-refractivity contribution in [1.29, 1.82) is 0 Å². The van der Waals surface area contributed by atoms with Gasteiger partial charge in [-0.2, -0.15) is 0 Å². The van der Waals surface area contributed by atoms with Gasteiger partial charge in [0, 0.05) is 5.92 Å². The van der Waals surface area contributed by atoms with Crippen molar-refractivity contribution in [3.05, 3.63) is 0 Å². The molecule has 0 aromatic carbocycles. The van der Waals surface area contributed by atoms with Crippen molar-refractivity contribution in [1.82, 2.24) is 5.32 Å². The minimum absolute atomic E-state index is 0.0178. The van der Waals surface area contributed by atoms with Crippen molar-refractivity contribution in [2.75, 3.05) is 0 Å². The first kappa shape index (κ1) is 20.0. The lowest BCUT2D eigenvalue weighted by Crippen LogP contribution is -2.48. The lowest BCUT2D eigenvalue weighted by atomic mass is 9.69. The molecule has 0 aromatic rings. The van der Waals surface area contributed by atoms with Crippen molar-refractivity contribution in [2.45, 2.75) is 85.8 Å². The largest absolute Gasteiger partial charge is 0.461 e. The Hall–Kier alpha value is -1.06. The minimum atomic E-state index is -0.526. The molecule has 0 bridgehead atoms. The number of ether oxygens (including phenoxy) is 1. The van der Waals surface area contributed by atoms with E-state index in [1.165, 1.54) is 6.42 Å². The number of nitrogens with one attached hydrogen (secondary N) is 1. The van der Waals surface area contributed by atoms with Gasteiger partial charge in [-0.1, -0.05) is 41.0 Å². The first-order valence-corrected chi connectivity index (χ1v) is 9.30. The number of amides is 1. The van der Waals surface area contributed by atoms with Gasteiger partial charge in [-0.25, -0.2) is 4.79 Å². The van der Waals surface area contributed by atoms with Crippen molar-refractivity contribution in [3.8, 4) is 0 Å². The van der Waals surface area contributed by atoms with Crippen LogP contribution in [0.25, 0.3) is 0 Å². The van der Waals surface area contributed by atoms with Crippen LogP contribution in [0.5, 0.6) is 0 Å². The molecular weight excluding hydrogens is 290 g/mol. The molecule has 1 N–H and O–H groups in total. The van der Waals surface area contributed by atoms with E-state index < -0.39 is 6.04 Å². The molecule has 23 heavy (non-hydrogen) atoms. The van der Waals surface area contributed by atoms with E-state index >= 15 is 0 Å². The van der Waals surface area contributed by atoms with Crippen LogP contribution in [0.2, 0.25) is 0 Å². The average Bonchev–Trinajstić information content (AvgIpc) is 2.51. The van der Waals surface area contributed by atoms with E-state index in [-0.39, 0.29) is 23.9 Å². The van der Waals surface area contributed by atoms with E-state index in [1.807, 2.05) is 20.8 Å². The summed E-state index contributed by atoms with van der Waals surface area (Å²) in [5, 5.41) is 2.96. The molecule has 5 atom stereocenters. The van der Waals surface area contributed by atoms with E-state index in [9.17, 15) is 9.59 Å². The average molecular weight is 325 g/mol. The van der Waals surface area contributed by atoms with E-state index in [2.05, 4.69) is 26.1 Å². The number of esters is 1. The van der Waals surface area contributed by atoms with Crippen LogP contribution < -0.4 is 5.32 Å². The summed E-state index contributed by atoms with van der Waals surface area (Å²) in [5.41, 5.74) is 0. The fraction of sp³-hybridized carbons (Fsp3) is 0.895. The Balaban J connectivity index is 2.71. The van der Waals surface area contributed by atoms with Crippen LogP contribution in [0.4, 0.5) is 0 Å². The monoisotopic (exact) mass is 325 g/mol. The number of hydrogen-bond acceptors (Lipinski definition) is 3. The predicted octanol–water partition coefficient (Wildman–Crippen LogP) is 3.93. The molecule has 1 aliphatic carbocycles. The molecule has 1 aliphatic rings. The SMILES string of the molecule is CCC(C)OC(=O)C(CC)NC(=O)[C@@H]1C[C@H](C)CC[C@H]1C(C)C. The minimum Gasteiger partial charge on any atom is -0.461 e. The summed E-state index contributed by atoms with van der Waals surface area (Å²) in [7, 11) is 0. The molecule has 4 nitrogen and oxygen atoms in total. The molecule has 1 rings (SSSR count). The summed E-state index contributed by atoms with van der Waals surface area (Å²) < 4.78 is 5.38. The maximum Gasteiger partial charge on any atom is 0.328 e. The van der Waals surface area contributed by atoms with Crippen LogP contribution in [0.15, 0.2) is 0 Å². The highest BCUT2D eigenvalue weighted by atomic mass is 16.5. The Morgan fingerprint density at radius 1 is 1.13 bits per heavy atom. The third-order valence-electron chi connectivity index (χ3n) is 5.26. The number of carbonyl (C=O) groups is 2. The molecule has 0 aromatic heterocycles. The molecule has 0 radical (unpaired) electrons. The zero-order valence-corrected chi connectivity index (χ0v) is 15.7. The smallest absolute Gasteiger partial charge is 0.328 e. The van der Waals surface area contributed by atoms with E-state index in [0.717, 1.165) is 19.3 Å². The van der Waals surface area contributed by atoms with Gasteiger partial charge >= 0.3 is 5.97 Å². The lowest BCUT2D eigenvalue weighted by Gasteiger charge is -2.37. The van der Waals surface area contributed by atoms with Gasteiger partial charge in [-0.05, 0) is 50.4 Å². The van der Waals surface area contributed by atoms with E-state index in [4.69, 9.17) is 4.74 Å². The standard InChI is InChI=1S/C19H35NO3/c1-7-14(6)23-19(22)17(8-2)20-18(21)16-11-13(5)9-10-15(16)12(3)4/h12-17H,7-11H2,1-6H3,(H,20,21)/t13-,14?,15+,16-,17?/m1/s1. The van der Waals surface area contributed by atoms with Crippen LogP contribution >= 0.6 is 0 Å². The van der Waals surface area contributed by atoms with Gasteiger partial charge in [0.1, 0.15) is 6.04 Å². The number of carbonyl (C=O) groups excluding carboxylic acids is 2. The van der Waals surface area contributed by atoms with Crippen LogP contribution in [0.3, 0.4) is 0 Å². The van der Waals surface area contributed by atoms with Gasteiger partial charge in [0.2, 0.25) is 5.91 Å². The fourth-order valence-corrected chi connectivity index (χ4v) is 3.47. The molecule has 4 heteroatoms. The Labute approximate surface area is 141 Å². The molecule has 2 unspecified atom stereocenters. The molecule has 134 valence electrons. The van der Waals surface area contributed by atoms with Crippen molar-refractivity contribution >= 4 is 11.9 Å². The van der Waals surface area contributed by atoms with Crippen LogP contribution in [-0.4, -0.2) is 24.0 Å². The molecule has 1 fully saturated rings. The molecule has 0 spiro atoms. The topological polar surface area (TPSA) is 55.4 Å². The Morgan fingerprint density at radius 2 is 1.78 bits per heavy atom. The fourth-order valence-electron chi connectivity index (χ4n) is 3.47. The molecule has 1 saturated carbocycles. The lowest BCUT2D eigenvalue weighted by molar-refractivity contribution is -0.153. The van der Waals surface area contributed by atoms with Gasteiger partial charge < -0.3 is 10.1 Å². The second-order valence-corrected chi connectivity index (χ2v) is 7.56. The van der Waals surface area contributed by atoms with Crippen LogP contribution in [0, 0.1) is 23.7 Å². The highest BCUT2D eigenvalue weighted by Gasteiger charge is 2.36. The summed E-state index contributed by atoms with van der Waals surface area (Å²) in [6, 6.07) is -0.526. The van der Waals surface area contributed by atoms with Gasteiger partial charge in [0.05, 0.1) is 6.10 Å². The van der Waals surface area contributed by atoms with Crippen molar-refractivity contribution < 1.29 is 14.3 Å². The quantitative estimate of drug-likeness (QED) is 0.722. The van der Waals surface area contributed by atoms with E-state index in [0.29, 0.717) is 24.2 Å².